The lowest BCUT2D eigenvalue weighted by Crippen LogP contribution is -2.35. The number of rotatable bonds is 6. The van der Waals surface area contributed by atoms with E-state index in [2.05, 4.69) is 20.6 Å². The molecule has 46 heavy (non-hydrogen) atoms. The molecule has 2 aromatic carbocycles. The fraction of sp³-hybridized carbons (Fsp3) is 0.333. The Bertz CT molecular complexity index is 1860. The zero-order valence-electron chi connectivity index (χ0n) is 25.7. The number of ether oxygens (including phenoxy) is 2. The smallest absolute Gasteiger partial charge is 0.272 e. The molecular weight excluding hydrogens is 590 g/mol. The number of amides is 4. The molecule has 0 saturated carbocycles. The largest absolute Gasteiger partial charge is 0.495 e. The van der Waals surface area contributed by atoms with Gasteiger partial charge in [0.15, 0.2) is 0 Å². The van der Waals surface area contributed by atoms with E-state index in [1.54, 1.807) is 64.3 Å². The average Bonchev–Trinajstić information content (AvgIpc) is 3.79. The lowest BCUT2D eigenvalue weighted by atomic mass is 10.1. The van der Waals surface area contributed by atoms with Crippen LogP contribution in [0.2, 0.25) is 0 Å². The van der Waals surface area contributed by atoms with E-state index in [1.165, 1.54) is 20.3 Å². The zero-order chi connectivity index (χ0) is 32.1. The molecule has 0 aliphatic carbocycles. The number of hydrogen-bond donors (Lipinski definition) is 2. The van der Waals surface area contributed by atoms with Gasteiger partial charge in [-0.05, 0) is 56.0 Å². The number of anilines is 2. The molecular formula is C33H33N7O6. The van der Waals surface area contributed by atoms with E-state index in [4.69, 9.17) is 9.47 Å². The van der Waals surface area contributed by atoms with Crippen molar-refractivity contribution in [2.75, 3.05) is 37.9 Å². The van der Waals surface area contributed by atoms with Gasteiger partial charge in [0, 0.05) is 38.8 Å². The summed E-state index contributed by atoms with van der Waals surface area (Å²) in [7, 11) is 4.59. The summed E-state index contributed by atoms with van der Waals surface area (Å²) in [5.74, 6) is -0.561. The second kappa shape index (κ2) is 11.5. The zero-order valence-corrected chi connectivity index (χ0v) is 25.7. The first-order valence-corrected chi connectivity index (χ1v) is 15.2. The molecule has 4 aliphatic rings. The van der Waals surface area contributed by atoms with Crippen molar-refractivity contribution in [1.29, 1.82) is 0 Å². The third-order valence-corrected chi connectivity index (χ3v) is 8.98. The first kappa shape index (κ1) is 29.3. The van der Waals surface area contributed by atoms with E-state index in [9.17, 15) is 19.2 Å². The van der Waals surface area contributed by atoms with Crippen LogP contribution in [-0.4, -0.2) is 89.8 Å². The van der Waals surface area contributed by atoms with Gasteiger partial charge < -0.3 is 34.5 Å². The van der Waals surface area contributed by atoms with Gasteiger partial charge in [0.05, 0.1) is 65.7 Å². The van der Waals surface area contributed by atoms with Crippen molar-refractivity contribution < 1.29 is 28.7 Å². The Balaban J connectivity index is 1.12. The highest BCUT2D eigenvalue weighted by atomic mass is 16.5. The number of nitrogens with one attached hydrogen (secondary N) is 2. The van der Waals surface area contributed by atoms with Crippen LogP contribution in [0.1, 0.15) is 67.2 Å². The first-order valence-electron chi connectivity index (χ1n) is 15.2. The van der Waals surface area contributed by atoms with Crippen molar-refractivity contribution in [3.63, 3.8) is 0 Å². The number of aliphatic imine (C=N–C) groups is 2. The summed E-state index contributed by atoms with van der Waals surface area (Å²) < 4.78 is 12.6. The third kappa shape index (κ3) is 4.97. The summed E-state index contributed by atoms with van der Waals surface area (Å²) in [5.41, 5.74) is 2.86. The summed E-state index contributed by atoms with van der Waals surface area (Å²) in [6.45, 7) is 1.34. The molecule has 2 fully saturated rings. The van der Waals surface area contributed by atoms with Gasteiger partial charge >= 0.3 is 0 Å². The van der Waals surface area contributed by atoms with E-state index in [1.807, 2.05) is 0 Å². The van der Waals surface area contributed by atoms with E-state index in [0.29, 0.717) is 58.5 Å². The number of benzene rings is 2. The van der Waals surface area contributed by atoms with Crippen LogP contribution in [-0.2, 0) is 7.05 Å². The van der Waals surface area contributed by atoms with E-state index in [-0.39, 0.29) is 35.2 Å². The second-order valence-electron chi connectivity index (χ2n) is 11.7. The van der Waals surface area contributed by atoms with Crippen LogP contribution >= 0.6 is 0 Å². The fourth-order valence-corrected chi connectivity index (χ4v) is 6.56. The van der Waals surface area contributed by atoms with Gasteiger partial charge in [-0.2, -0.15) is 0 Å². The molecule has 2 saturated heterocycles. The van der Waals surface area contributed by atoms with E-state index < -0.39 is 11.8 Å². The van der Waals surface area contributed by atoms with Crippen LogP contribution in [0.3, 0.4) is 0 Å². The lowest BCUT2D eigenvalue weighted by molar-refractivity contribution is 0.0766. The number of aromatic nitrogens is 1. The Morgan fingerprint density at radius 1 is 0.761 bits per heavy atom. The highest BCUT2D eigenvalue weighted by Crippen LogP contribution is 2.38. The summed E-state index contributed by atoms with van der Waals surface area (Å²) in [5, 5.41) is 5.69. The number of carbonyl (C=O) groups is 4. The Morgan fingerprint density at radius 3 is 1.76 bits per heavy atom. The second-order valence-corrected chi connectivity index (χ2v) is 11.7. The number of nitrogens with zero attached hydrogens (tertiary/aromatic N) is 5. The van der Waals surface area contributed by atoms with Crippen molar-refractivity contribution in [3.8, 4) is 11.5 Å². The van der Waals surface area contributed by atoms with Crippen LogP contribution in [0.25, 0.3) is 0 Å². The molecule has 4 aliphatic heterocycles. The normalized spacial score (nSPS) is 19.5. The summed E-state index contributed by atoms with van der Waals surface area (Å²) in [4.78, 5) is 66.0. The number of hydrogen-bond acceptors (Lipinski definition) is 8. The summed E-state index contributed by atoms with van der Waals surface area (Å²) >= 11 is 0. The van der Waals surface area contributed by atoms with Gasteiger partial charge in [-0.1, -0.05) is 0 Å². The van der Waals surface area contributed by atoms with Gasteiger partial charge in [0.2, 0.25) is 0 Å². The number of fused-ring (bicyclic) bond motifs is 4. The molecule has 2 atom stereocenters. The molecule has 0 radical (unpaired) electrons. The van der Waals surface area contributed by atoms with Gasteiger partial charge in [0.25, 0.3) is 23.6 Å². The van der Waals surface area contributed by atoms with E-state index in [0.717, 1.165) is 25.7 Å². The molecule has 0 bridgehead atoms. The molecule has 1 unspecified atom stereocenters. The minimum atomic E-state index is -0.486. The maximum Gasteiger partial charge on any atom is 0.272 e. The van der Waals surface area contributed by atoms with E-state index >= 15 is 0 Å². The molecule has 13 heteroatoms. The van der Waals surface area contributed by atoms with Gasteiger partial charge in [-0.3, -0.25) is 29.2 Å². The van der Waals surface area contributed by atoms with Crippen molar-refractivity contribution >= 4 is 58.8 Å². The highest BCUT2D eigenvalue weighted by molar-refractivity contribution is 6.11. The van der Waals surface area contributed by atoms with Gasteiger partial charge in [-0.15, -0.1) is 0 Å². The van der Waals surface area contributed by atoms with Crippen molar-refractivity contribution in [1.82, 2.24) is 14.4 Å². The monoisotopic (exact) mass is 623 g/mol. The maximum atomic E-state index is 13.5. The SMILES string of the molecule is COc1cc2c(cc1NC(=O)c1cc(C(=O)Nc3cc4c(cc3OC)C(=O)N3CCC[C@H]3C=N4)n(C)c1)N=CC1CCCN1C2=O. The average molecular weight is 624 g/mol. The topological polar surface area (TPSA) is 147 Å². The number of methoxy groups -OCH3 is 2. The minimum Gasteiger partial charge on any atom is -0.495 e. The molecule has 2 N–H and O–H groups in total. The van der Waals surface area contributed by atoms with Crippen LogP contribution in [0.4, 0.5) is 22.7 Å². The summed E-state index contributed by atoms with van der Waals surface area (Å²) in [6.07, 6.45) is 8.68. The highest BCUT2D eigenvalue weighted by Gasteiger charge is 2.34. The lowest BCUT2D eigenvalue weighted by Gasteiger charge is -2.20. The van der Waals surface area contributed by atoms with Crippen molar-refractivity contribution in [2.45, 2.75) is 37.8 Å². The Morgan fingerprint density at radius 2 is 1.26 bits per heavy atom. The standard InChI is InChI=1S/C33H33N7O6/c1-38-17-18(30(41)36-25-13-23-21(11-28(25)45-2)32(43)39-8-4-6-19(39)15-34-23)10-27(38)31(42)37-26-14-24-22(12-29(26)46-3)33(44)40-9-5-7-20(40)16-35-24/h10-17,19-20H,4-9H2,1-3H3,(H,36,41)(H,37,42)/t19?,20-/m0/s1. The van der Waals surface area contributed by atoms with Crippen LogP contribution in [0.5, 0.6) is 11.5 Å². The number of aryl methyl sites for hydroxylation is 1. The number of carbonyl (C=O) groups excluding carboxylic acids is 4. The molecule has 236 valence electrons. The predicted molar refractivity (Wildman–Crippen MR) is 172 cm³/mol. The minimum absolute atomic E-state index is 0.0449. The predicted octanol–water partition coefficient (Wildman–Crippen LogP) is 4.19. The Hall–Kier alpha value is -5.46. The molecule has 13 nitrogen and oxygen atoms in total. The summed E-state index contributed by atoms with van der Waals surface area (Å²) in [6, 6.07) is 7.84. The van der Waals surface area contributed by atoms with Crippen LogP contribution in [0.15, 0.2) is 46.5 Å². The fourth-order valence-electron chi connectivity index (χ4n) is 6.56. The third-order valence-electron chi connectivity index (χ3n) is 8.98. The van der Waals surface area contributed by atoms with Crippen LogP contribution in [0, 0.1) is 0 Å². The first-order chi connectivity index (χ1) is 22.2. The molecule has 3 aromatic rings. The van der Waals surface area contributed by atoms with Crippen molar-refractivity contribution in [2.24, 2.45) is 17.0 Å². The molecule has 5 heterocycles. The molecule has 1 aromatic heterocycles. The maximum absolute atomic E-state index is 13.5. The Labute approximate surface area is 264 Å². The quantitative estimate of drug-likeness (QED) is 0.421. The Kier molecular flexibility index (Phi) is 7.30. The van der Waals surface area contributed by atoms with Crippen LogP contribution < -0.4 is 20.1 Å². The molecule has 0 spiro atoms. The van der Waals surface area contributed by atoms with Crippen molar-refractivity contribution in [3.05, 3.63) is 58.9 Å². The molecule has 7 rings (SSSR count). The molecule has 4 amide bonds. The van der Waals surface area contributed by atoms with Gasteiger partial charge in [-0.25, -0.2) is 0 Å². The van der Waals surface area contributed by atoms with Gasteiger partial charge in [0.1, 0.15) is 17.2 Å².